The fourth-order valence-electron chi connectivity index (χ4n) is 4.52. The summed E-state index contributed by atoms with van der Waals surface area (Å²) in [5.41, 5.74) is 1.87. The van der Waals surface area contributed by atoms with Crippen molar-refractivity contribution in [3.05, 3.63) is 137 Å². The molecule has 1 aliphatic heterocycles. The van der Waals surface area contributed by atoms with Crippen molar-refractivity contribution in [1.29, 1.82) is 0 Å². The summed E-state index contributed by atoms with van der Waals surface area (Å²) >= 11 is 8.95. The van der Waals surface area contributed by atoms with Crippen molar-refractivity contribution in [3.8, 4) is 0 Å². The van der Waals surface area contributed by atoms with Crippen LogP contribution in [0.3, 0.4) is 0 Å². The largest absolute Gasteiger partial charge is 0.452 e. The molecule has 7 nitrogen and oxygen atoms in total. The van der Waals surface area contributed by atoms with E-state index in [0.29, 0.717) is 5.11 Å². The molecular formula is C30H22N4O3S3. The normalized spacial score (nSPS) is 16.6. The molecule has 0 spiro atoms. The lowest BCUT2D eigenvalue weighted by Crippen LogP contribution is -2.29. The van der Waals surface area contributed by atoms with Crippen molar-refractivity contribution in [1.82, 2.24) is 10.3 Å². The zero-order valence-electron chi connectivity index (χ0n) is 20.9. The number of non-ortho nitro benzene ring substituents is 1. The third-order valence-corrected chi connectivity index (χ3v) is 8.61. The Labute approximate surface area is 244 Å². The Hall–Kier alpha value is -4.12. The monoisotopic (exact) mass is 582 g/mol. The molecule has 0 amide bonds. The third kappa shape index (κ3) is 5.60. The highest BCUT2D eigenvalue weighted by Crippen LogP contribution is 2.44. The molecule has 198 valence electrons. The zero-order chi connectivity index (χ0) is 27.5. The lowest BCUT2D eigenvalue weighted by molar-refractivity contribution is -0.384. The Bertz CT molecular complexity index is 1630. The van der Waals surface area contributed by atoms with E-state index < -0.39 is 4.92 Å². The van der Waals surface area contributed by atoms with Crippen LogP contribution in [-0.4, -0.2) is 15.0 Å². The molecule has 1 N–H and O–H groups in total. The third-order valence-electron chi connectivity index (χ3n) is 6.35. The van der Waals surface area contributed by atoms with Crippen LogP contribution in [0.5, 0.6) is 0 Å². The number of aromatic nitrogens is 1. The molecule has 1 aliphatic rings. The summed E-state index contributed by atoms with van der Waals surface area (Å²) in [4.78, 5) is 20.3. The quantitative estimate of drug-likeness (QED) is 0.111. The second-order valence-electron chi connectivity index (χ2n) is 8.92. The summed E-state index contributed by atoms with van der Waals surface area (Å²) in [7, 11) is 0. The minimum Gasteiger partial charge on any atom is -0.452 e. The lowest BCUT2D eigenvalue weighted by Gasteiger charge is -2.26. The Morgan fingerprint density at radius 1 is 0.825 bits per heavy atom. The van der Waals surface area contributed by atoms with Crippen LogP contribution in [-0.2, 0) is 0 Å². The standard InChI is InChI=1S/C30H22N4O3S3/c35-34(36)21-11-15-24(16-12-21)39-23-13-9-20(10-14-23)33-29(28(32-30(33)38)25-8-4-5-19-31-25)26-17-18-27(37-26)40-22-6-2-1-3-7-22/h1-19,28-29H,(H,32,38)/t28-,29+/m1/s1. The van der Waals surface area contributed by atoms with Crippen LogP contribution in [0.1, 0.15) is 23.5 Å². The Morgan fingerprint density at radius 3 is 2.17 bits per heavy atom. The molecule has 3 aromatic carbocycles. The number of hydrogen-bond donors (Lipinski definition) is 1. The fourth-order valence-corrected chi connectivity index (χ4v) is 6.48. The van der Waals surface area contributed by atoms with E-state index in [4.69, 9.17) is 16.6 Å². The van der Waals surface area contributed by atoms with Crippen molar-refractivity contribution in [2.75, 3.05) is 4.90 Å². The Kier molecular flexibility index (Phi) is 7.54. The maximum Gasteiger partial charge on any atom is 0.269 e. The first-order chi connectivity index (χ1) is 19.5. The number of nitrogens with zero attached hydrogens (tertiary/aromatic N) is 3. The van der Waals surface area contributed by atoms with Crippen molar-refractivity contribution in [2.45, 2.75) is 31.9 Å². The average Bonchev–Trinajstić information content (AvgIpc) is 3.58. The van der Waals surface area contributed by atoms with Gasteiger partial charge in [0.05, 0.1) is 16.7 Å². The number of nitro groups is 1. The van der Waals surface area contributed by atoms with Crippen LogP contribution >= 0.6 is 35.7 Å². The molecule has 10 heteroatoms. The van der Waals surface area contributed by atoms with Gasteiger partial charge in [0, 0.05) is 38.7 Å². The number of hydrogen-bond acceptors (Lipinski definition) is 7. The second kappa shape index (κ2) is 11.5. The van der Waals surface area contributed by atoms with Crippen LogP contribution in [0.2, 0.25) is 0 Å². The summed E-state index contributed by atoms with van der Waals surface area (Å²) in [6.45, 7) is 0. The molecule has 3 heterocycles. The predicted octanol–water partition coefficient (Wildman–Crippen LogP) is 8.06. The van der Waals surface area contributed by atoms with Gasteiger partial charge in [0.25, 0.3) is 5.69 Å². The molecule has 0 radical (unpaired) electrons. The van der Waals surface area contributed by atoms with Gasteiger partial charge in [-0.05, 0) is 85.0 Å². The smallest absolute Gasteiger partial charge is 0.269 e. The van der Waals surface area contributed by atoms with E-state index in [1.54, 1.807) is 30.1 Å². The van der Waals surface area contributed by atoms with Gasteiger partial charge in [-0.1, -0.05) is 47.8 Å². The molecular weight excluding hydrogens is 561 g/mol. The minimum absolute atomic E-state index is 0.0755. The molecule has 0 bridgehead atoms. The number of pyridine rings is 1. The second-order valence-corrected chi connectivity index (χ2v) is 11.5. The first-order valence-electron chi connectivity index (χ1n) is 12.4. The highest BCUT2D eigenvalue weighted by atomic mass is 32.2. The van der Waals surface area contributed by atoms with Crippen LogP contribution in [0.15, 0.2) is 140 Å². The number of furan rings is 1. The maximum absolute atomic E-state index is 11.0. The Balaban J connectivity index is 1.29. The lowest BCUT2D eigenvalue weighted by atomic mass is 10.0. The number of anilines is 1. The van der Waals surface area contributed by atoms with Gasteiger partial charge in [-0.15, -0.1) is 0 Å². The van der Waals surface area contributed by atoms with Crippen molar-refractivity contribution in [2.24, 2.45) is 0 Å². The molecule has 40 heavy (non-hydrogen) atoms. The van der Waals surface area contributed by atoms with Gasteiger partial charge in [0.2, 0.25) is 0 Å². The molecule has 0 saturated carbocycles. The SMILES string of the molecule is O=[N+]([O-])c1ccc(Sc2ccc(N3C(=S)N[C@H](c4ccccn4)[C@@H]3c3ccc(Sc4ccccc4)o3)cc2)cc1. The van der Waals surface area contributed by atoms with Crippen LogP contribution < -0.4 is 10.2 Å². The minimum atomic E-state index is -0.396. The number of rotatable bonds is 8. The fraction of sp³-hybridized carbons (Fsp3) is 0.0667. The number of nitro benzene ring substituents is 1. The van der Waals surface area contributed by atoms with E-state index in [9.17, 15) is 10.1 Å². The van der Waals surface area contributed by atoms with E-state index in [0.717, 1.165) is 36.9 Å². The summed E-state index contributed by atoms with van der Waals surface area (Å²) in [6.07, 6.45) is 1.78. The zero-order valence-corrected chi connectivity index (χ0v) is 23.4. The maximum atomic E-state index is 11.0. The van der Waals surface area contributed by atoms with Crippen LogP contribution in [0, 0.1) is 10.1 Å². The molecule has 5 aromatic rings. The molecule has 0 unspecified atom stereocenters. The summed E-state index contributed by atoms with van der Waals surface area (Å²) < 4.78 is 6.39. The highest BCUT2D eigenvalue weighted by Gasteiger charge is 2.42. The number of nitrogens with one attached hydrogen (secondary N) is 1. The first kappa shape index (κ1) is 26.1. The summed E-state index contributed by atoms with van der Waals surface area (Å²) in [6, 6.07) is 34.2. The van der Waals surface area contributed by atoms with Gasteiger partial charge in [-0.2, -0.15) is 0 Å². The molecule has 1 fully saturated rings. The predicted molar refractivity (Wildman–Crippen MR) is 161 cm³/mol. The highest BCUT2D eigenvalue weighted by molar-refractivity contribution is 7.99. The topological polar surface area (TPSA) is 84.4 Å². The van der Waals surface area contributed by atoms with Gasteiger partial charge in [0.15, 0.2) is 10.2 Å². The summed E-state index contributed by atoms with van der Waals surface area (Å²) in [5.74, 6) is 0.783. The van der Waals surface area contributed by atoms with Crippen LogP contribution in [0.25, 0.3) is 0 Å². The van der Waals surface area contributed by atoms with Gasteiger partial charge in [0.1, 0.15) is 11.8 Å². The van der Waals surface area contributed by atoms with E-state index in [1.165, 1.54) is 23.9 Å². The molecule has 1 saturated heterocycles. The van der Waals surface area contributed by atoms with Gasteiger partial charge in [-0.25, -0.2) is 0 Å². The van der Waals surface area contributed by atoms with E-state index in [-0.39, 0.29) is 17.8 Å². The molecule has 2 atom stereocenters. The van der Waals surface area contributed by atoms with E-state index in [2.05, 4.69) is 27.3 Å². The molecule has 6 rings (SSSR count). The van der Waals surface area contributed by atoms with Crippen molar-refractivity contribution < 1.29 is 9.34 Å². The first-order valence-corrected chi connectivity index (χ1v) is 14.4. The number of benzene rings is 3. The summed E-state index contributed by atoms with van der Waals surface area (Å²) in [5, 5.41) is 15.8. The number of thiocarbonyl (C=S) groups is 1. The molecule has 2 aromatic heterocycles. The average molecular weight is 583 g/mol. The van der Waals surface area contributed by atoms with Gasteiger partial charge in [-0.3, -0.25) is 15.1 Å². The van der Waals surface area contributed by atoms with E-state index in [1.807, 2.05) is 72.8 Å². The van der Waals surface area contributed by atoms with E-state index >= 15 is 0 Å². The Morgan fingerprint density at radius 2 is 1.50 bits per heavy atom. The van der Waals surface area contributed by atoms with Gasteiger partial charge < -0.3 is 14.6 Å². The van der Waals surface area contributed by atoms with Gasteiger partial charge >= 0.3 is 0 Å². The van der Waals surface area contributed by atoms with Crippen molar-refractivity contribution >= 4 is 52.2 Å². The molecule has 0 aliphatic carbocycles. The van der Waals surface area contributed by atoms with Crippen molar-refractivity contribution in [3.63, 3.8) is 0 Å². The van der Waals surface area contributed by atoms with Crippen LogP contribution in [0.4, 0.5) is 11.4 Å².